The maximum absolute atomic E-state index is 13.4. The number of nitrogens with one attached hydrogen (secondary N) is 1. The molecule has 1 amide bonds. The van der Waals surface area contributed by atoms with Crippen LogP contribution in [0.15, 0.2) is 42.6 Å². The third-order valence-electron chi connectivity index (χ3n) is 5.53. The van der Waals surface area contributed by atoms with Gasteiger partial charge in [-0.3, -0.25) is 9.78 Å². The fourth-order valence-corrected chi connectivity index (χ4v) is 4.08. The van der Waals surface area contributed by atoms with Crippen LogP contribution in [0.1, 0.15) is 24.0 Å². The first kappa shape index (κ1) is 20.1. The molecule has 0 unspecified atom stereocenters. The van der Waals surface area contributed by atoms with Crippen LogP contribution in [-0.4, -0.2) is 24.0 Å². The van der Waals surface area contributed by atoms with Crippen molar-refractivity contribution in [2.75, 3.05) is 23.3 Å². The highest BCUT2D eigenvalue weighted by atomic mass is 35.5. The number of benzene rings is 2. The molecule has 152 valence electrons. The van der Waals surface area contributed by atoms with Crippen molar-refractivity contribution in [3.63, 3.8) is 0 Å². The molecule has 1 aliphatic rings. The predicted octanol–water partition coefficient (Wildman–Crippen LogP) is 5.06. The average Bonchev–Trinajstić information content (AvgIpc) is 2.75. The molecule has 1 aromatic heterocycles. The Bertz CT molecular complexity index is 1170. The second kappa shape index (κ2) is 8.29. The van der Waals surface area contributed by atoms with Crippen LogP contribution in [0.5, 0.6) is 0 Å². The summed E-state index contributed by atoms with van der Waals surface area (Å²) in [5.41, 5.74) is 3.19. The monoisotopic (exact) mass is 422 g/mol. The molecule has 1 saturated heterocycles. The predicted molar refractivity (Wildman–Crippen MR) is 116 cm³/mol. The fraction of sp³-hybridized carbons (Fsp3) is 0.261. The van der Waals surface area contributed by atoms with Gasteiger partial charge in [0.15, 0.2) is 0 Å². The van der Waals surface area contributed by atoms with Gasteiger partial charge in [0.25, 0.3) is 0 Å². The van der Waals surface area contributed by atoms with Crippen molar-refractivity contribution in [2.24, 2.45) is 5.92 Å². The Morgan fingerprint density at radius 2 is 2.03 bits per heavy atom. The highest BCUT2D eigenvalue weighted by Crippen LogP contribution is 2.34. The third-order valence-corrected chi connectivity index (χ3v) is 5.76. The van der Waals surface area contributed by atoms with Crippen LogP contribution < -0.4 is 10.2 Å². The van der Waals surface area contributed by atoms with E-state index in [2.05, 4.69) is 21.3 Å². The summed E-state index contributed by atoms with van der Waals surface area (Å²) in [6, 6.07) is 12.2. The summed E-state index contributed by atoms with van der Waals surface area (Å²) >= 11 is 6.18. The lowest BCUT2D eigenvalue weighted by Gasteiger charge is -2.34. The molecule has 7 heteroatoms. The number of nitriles is 1. The lowest BCUT2D eigenvalue weighted by Crippen LogP contribution is -2.38. The van der Waals surface area contributed by atoms with Crippen molar-refractivity contribution in [3.05, 3.63) is 64.6 Å². The van der Waals surface area contributed by atoms with E-state index >= 15 is 0 Å². The number of aryl methyl sites for hydroxylation is 1. The largest absolute Gasteiger partial charge is 0.370 e. The molecular formula is C23H20ClFN4O. The highest BCUT2D eigenvalue weighted by Gasteiger charge is 2.27. The molecule has 2 aromatic carbocycles. The van der Waals surface area contributed by atoms with E-state index in [1.807, 2.05) is 12.1 Å². The van der Waals surface area contributed by atoms with Gasteiger partial charge in [-0.05, 0) is 61.7 Å². The number of amides is 1. The molecule has 0 atom stereocenters. The molecule has 1 N–H and O–H groups in total. The third kappa shape index (κ3) is 3.94. The quantitative estimate of drug-likeness (QED) is 0.640. The molecule has 0 spiro atoms. The van der Waals surface area contributed by atoms with E-state index in [0.29, 0.717) is 47.8 Å². The Balaban J connectivity index is 1.51. The molecule has 0 saturated carbocycles. The minimum atomic E-state index is -0.292. The fourth-order valence-electron chi connectivity index (χ4n) is 3.91. The lowest BCUT2D eigenvalue weighted by atomic mass is 9.94. The molecular weight excluding hydrogens is 403 g/mol. The Labute approximate surface area is 179 Å². The van der Waals surface area contributed by atoms with Crippen LogP contribution in [0.25, 0.3) is 10.9 Å². The molecule has 3 aromatic rings. The molecule has 30 heavy (non-hydrogen) atoms. The van der Waals surface area contributed by atoms with Gasteiger partial charge in [-0.25, -0.2) is 4.39 Å². The zero-order valence-corrected chi connectivity index (χ0v) is 17.2. The van der Waals surface area contributed by atoms with E-state index in [1.54, 1.807) is 31.3 Å². The molecule has 0 radical (unpaired) electrons. The normalized spacial score (nSPS) is 14.5. The first-order valence-electron chi connectivity index (χ1n) is 9.76. The molecule has 4 rings (SSSR count). The van der Waals surface area contributed by atoms with Crippen LogP contribution in [0.2, 0.25) is 5.02 Å². The molecule has 1 fully saturated rings. The number of carbonyl (C=O) groups excluding carboxylic acids is 1. The maximum atomic E-state index is 13.4. The number of rotatable bonds is 3. The Kier molecular flexibility index (Phi) is 5.56. The van der Waals surface area contributed by atoms with Gasteiger partial charge in [0.05, 0.1) is 16.8 Å². The van der Waals surface area contributed by atoms with Crippen molar-refractivity contribution in [1.29, 1.82) is 5.26 Å². The van der Waals surface area contributed by atoms with Crippen molar-refractivity contribution in [3.8, 4) is 6.07 Å². The van der Waals surface area contributed by atoms with Gasteiger partial charge in [-0.1, -0.05) is 11.6 Å². The number of hydrogen-bond acceptors (Lipinski definition) is 4. The number of fused-ring (bicyclic) bond motifs is 1. The minimum absolute atomic E-state index is 0.0659. The van der Waals surface area contributed by atoms with Crippen LogP contribution in [-0.2, 0) is 4.79 Å². The number of hydrogen-bond donors (Lipinski definition) is 1. The second-order valence-corrected chi connectivity index (χ2v) is 7.94. The van der Waals surface area contributed by atoms with Crippen LogP contribution in [0, 0.1) is 30.0 Å². The average molecular weight is 423 g/mol. The lowest BCUT2D eigenvalue weighted by molar-refractivity contribution is -0.120. The van der Waals surface area contributed by atoms with Gasteiger partial charge in [-0.2, -0.15) is 5.26 Å². The molecule has 2 heterocycles. The maximum Gasteiger partial charge on any atom is 0.227 e. The number of halogens is 2. The van der Waals surface area contributed by atoms with Gasteiger partial charge in [0, 0.05) is 41.3 Å². The zero-order valence-electron chi connectivity index (χ0n) is 16.5. The molecule has 1 aliphatic heterocycles. The summed E-state index contributed by atoms with van der Waals surface area (Å²) in [7, 11) is 0. The molecule has 5 nitrogen and oxygen atoms in total. The van der Waals surface area contributed by atoms with Crippen molar-refractivity contribution >= 4 is 39.8 Å². The first-order chi connectivity index (χ1) is 14.5. The van der Waals surface area contributed by atoms with E-state index < -0.39 is 0 Å². The summed E-state index contributed by atoms with van der Waals surface area (Å²) in [6.07, 6.45) is 2.89. The summed E-state index contributed by atoms with van der Waals surface area (Å²) in [6.45, 7) is 2.95. The Morgan fingerprint density at radius 1 is 1.27 bits per heavy atom. The van der Waals surface area contributed by atoms with Crippen LogP contribution >= 0.6 is 11.6 Å². The Hall–Kier alpha value is -3.17. The van der Waals surface area contributed by atoms with Gasteiger partial charge < -0.3 is 10.2 Å². The number of piperidine rings is 1. The van der Waals surface area contributed by atoms with Crippen molar-refractivity contribution in [1.82, 2.24) is 4.98 Å². The first-order valence-corrected chi connectivity index (χ1v) is 10.1. The smallest absolute Gasteiger partial charge is 0.227 e. The number of pyridine rings is 1. The van der Waals surface area contributed by atoms with Crippen molar-refractivity contribution in [2.45, 2.75) is 19.8 Å². The summed E-state index contributed by atoms with van der Waals surface area (Å²) in [5, 5.41) is 13.9. The van der Waals surface area contributed by atoms with E-state index in [4.69, 9.17) is 11.6 Å². The minimum Gasteiger partial charge on any atom is -0.370 e. The summed E-state index contributed by atoms with van der Waals surface area (Å²) in [4.78, 5) is 19.2. The zero-order chi connectivity index (χ0) is 21.3. The van der Waals surface area contributed by atoms with Crippen molar-refractivity contribution < 1.29 is 9.18 Å². The van der Waals surface area contributed by atoms with E-state index in [-0.39, 0.29) is 17.6 Å². The Morgan fingerprint density at radius 3 is 2.73 bits per heavy atom. The van der Waals surface area contributed by atoms with Gasteiger partial charge >= 0.3 is 0 Å². The van der Waals surface area contributed by atoms with E-state index in [0.717, 1.165) is 16.6 Å². The number of nitrogens with zero attached hydrogens (tertiary/aromatic N) is 3. The molecule has 0 bridgehead atoms. The summed E-state index contributed by atoms with van der Waals surface area (Å²) < 4.78 is 13.4. The number of carbonyl (C=O) groups is 1. The molecule has 0 aliphatic carbocycles. The SMILES string of the molecule is Cc1cc(NC(=O)C2CCN(c3c(C#N)cnc4ccc(Cl)cc34)CC2)ccc1F. The van der Waals surface area contributed by atoms with Crippen LogP contribution in [0.3, 0.4) is 0 Å². The summed E-state index contributed by atoms with van der Waals surface area (Å²) in [5.74, 6) is -0.503. The van der Waals surface area contributed by atoms with Gasteiger partial charge in [0.1, 0.15) is 11.9 Å². The number of anilines is 2. The van der Waals surface area contributed by atoms with E-state index in [1.165, 1.54) is 6.07 Å². The van der Waals surface area contributed by atoms with Crippen LogP contribution in [0.4, 0.5) is 15.8 Å². The highest BCUT2D eigenvalue weighted by molar-refractivity contribution is 6.31. The topological polar surface area (TPSA) is 69.0 Å². The number of aromatic nitrogens is 1. The van der Waals surface area contributed by atoms with Gasteiger partial charge in [0.2, 0.25) is 5.91 Å². The standard InChI is InChI=1S/C23H20ClFN4O/c1-14-10-18(3-4-20(14)25)28-23(30)15-6-8-29(9-7-15)22-16(12-26)13-27-21-5-2-17(24)11-19(21)22/h2-5,10-11,13,15H,6-9H2,1H3,(H,28,30). The van der Waals surface area contributed by atoms with Gasteiger partial charge in [-0.15, -0.1) is 0 Å². The van der Waals surface area contributed by atoms with E-state index in [9.17, 15) is 14.4 Å². The second-order valence-electron chi connectivity index (χ2n) is 7.51.